The van der Waals surface area contributed by atoms with Crippen LogP contribution in [-0.4, -0.2) is 20.7 Å². The van der Waals surface area contributed by atoms with Crippen LogP contribution in [0.4, 0.5) is 0 Å². The van der Waals surface area contributed by atoms with Gasteiger partial charge < -0.3 is 4.74 Å². The summed E-state index contributed by atoms with van der Waals surface area (Å²) in [7, 11) is -3.58. The fraction of sp³-hybridized carbons (Fsp3) is 0.214. The SMILES string of the molecule is CC(C)Oc1cccc(/C=N/NS(=O)(=O)c2cccs2)c1. The van der Waals surface area contributed by atoms with Crippen molar-refractivity contribution in [1.29, 1.82) is 0 Å². The van der Waals surface area contributed by atoms with Gasteiger partial charge in [0.15, 0.2) is 0 Å². The van der Waals surface area contributed by atoms with Crippen molar-refractivity contribution in [1.82, 2.24) is 4.83 Å². The van der Waals surface area contributed by atoms with Gasteiger partial charge >= 0.3 is 0 Å². The van der Waals surface area contributed by atoms with Crippen LogP contribution in [0.5, 0.6) is 5.75 Å². The molecule has 0 aliphatic carbocycles. The first-order valence-electron chi connectivity index (χ1n) is 6.32. The smallest absolute Gasteiger partial charge is 0.286 e. The maximum absolute atomic E-state index is 11.9. The molecule has 2 aromatic rings. The van der Waals surface area contributed by atoms with Gasteiger partial charge in [-0.1, -0.05) is 18.2 Å². The van der Waals surface area contributed by atoms with Crippen molar-refractivity contribution in [3.63, 3.8) is 0 Å². The molecule has 0 spiro atoms. The van der Waals surface area contributed by atoms with E-state index in [4.69, 9.17) is 4.74 Å². The highest BCUT2D eigenvalue weighted by Crippen LogP contribution is 2.16. The molecule has 1 N–H and O–H groups in total. The van der Waals surface area contributed by atoms with E-state index in [1.165, 1.54) is 12.3 Å². The molecule has 5 nitrogen and oxygen atoms in total. The molecule has 0 aliphatic heterocycles. The number of hydrogen-bond acceptors (Lipinski definition) is 5. The lowest BCUT2D eigenvalue weighted by Gasteiger charge is -2.09. The second kappa shape index (κ2) is 6.73. The van der Waals surface area contributed by atoms with Gasteiger partial charge in [-0.2, -0.15) is 18.4 Å². The number of nitrogens with one attached hydrogen (secondary N) is 1. The highest BCUT2D eigenvalue weighted by Gasteiger charge is 2.12. The van der Waals surface area contributed by atoms with Crippen LogP contribution in [0, 0.1) is 0 Å². The number of benzene rings is 1. The second-order valence-electron chi connectivity index (χ2n) is 4.52. The summed E-state index contributed by atoms with van der Waals surface area (Å²) in [4.78, 5) is 2.18. The van der Waals surface area contributed by atoms with E-state index in [-0.39, 0.29) is 10.3 Å². The Labute approximate surface area is 128 Å². The Bertz CT molecular complexity index is 708. The Morgan fingerprint density at radius 1 is 1.29 bits per heavy atom. The maximum Gasteiger partial charge on any atom is 0.286 e. The molecule has 0 atom stereocenters. The van der Waals surface area contributed by atoms with Gasteiger partial charge in [-0.05, 0) is 43.0 Å². The number of rotatable bonds is 6. The number of nitrogens with zero attached hydrogens (tertiary/aromatic N) is 1. The fourth-order valence-corrected chi connectivity index (χ4v) is 3.34. The number of ether oxygens (including phenoxy) is 1. The van der Waals surface area contributed by atoms with Gasteiger partial charge in [0.05, 0.1) is 12.3 Å². The Morgan fingerprint density at radius 2 is 2.10 bits per heavy atom. The molecule has 7 heteroatoms. The van der Waals surface area contributed by atoms with Gasteiger partial charge in [0, 0.05) is 0 Å². The van der Waals surface area contributed by atoms with Crippen LogP contribution < -0.4 is 9.57 Å². The zero-order valence-corrected chi connectivity index (χ0v) is 13.3. The molecule has 2 rings (SSSR count). The zero-order chi connectivity index (χ0) is 15.3. The maximum atomic E-state index is 11.9. The zero-order valence-electron chi connectivity index (χ0n) is 11.7. The summed E-state index contributed by atoms with van der Waals surface area (Å²) in [5.74, 6) is 0.718. The third-order valence-corrected chi connectivity index (χ3v) is 5.00. The molecule has 21 heavy (non-hydrogen) atoms. The van der Waals surface area contributed by atoms with Crippen LogP contribution >= 0.6 is 11.3 Å². The van der Waals surface area contributed by atoms with E-state index in [1.54, 1.807) is 17.5 Å². The molecule has 112 valence electrons. The van der Waals surface area contributed by atoms with E-state index in [1.807, 2.05) is 32.0 Å². The molecule has 0 aliphatic rings. The Hall–Kier alpha value is -1.86. The first kappa shape index (κ1) is 15.5. The largest absolute Gasteiger partial charge is 0.491 e. The van der Waals surface area contributed by atoms with Gasteiger partial charge in [-0.3, -0.25) is 0 Å². The van der Waals surface area contributed by atoms with Crippen LogP contribution in [0.2, 0.25) is 0 Å². The van der Waals surface area contributed by atoms with Crippen LogP contribution in [-0.2, 0) is 10.0 Å². The molecular weight excluding hydrogens is 308 g/mol. The summed E-state index contributed by atoms with van der Waals surface area (Å²) in [6, 6.07) is 10.5. The highest BCUT2D eigenvalue weighted by molar-refractivity contribution is 7.91. The highest BCUT2D eigenvalue weighted by atomic mass is 32.2. The van der Waals surface area contributed by atoms with Crippen LogP contribution in [0.25, 0.3) is 0 Å². The second-order valence-corrected chi connectivity index (χ2v) is 7.36. The molecule has 0 saturated heterocycles. The van der Waals surface area contributed by atoms with E-state index in [0.717, 1.165) is 22.6 Å². The summed E-state index contributed by atoms with van der Waals surface area (Å²) < 4.78 is 29.5. The standard InChI is InChI=1S/C14H16N2O3S2/c1-11(2)19-13-6-3-5-12(9-13)10-15-16-21(17,18)14-7-4-8-20-14/h3-11,16H,1-2H3/b15-10+. The number of hydrazone groups is 1. The molecule has 1 aromatic heterocycles. The molecule has 0 radical (unpaired) electrons. The minimum absolute atomic E-state index is 0.0783. The Balaban J connectivity index is 2.05. The van der Waals surface area contributed by atoms with Crippen LogP contribution in [0.3, 0.4) is 0 Å². The molecule has 0 saturated carbocycles. The van der Waals surface area contributed by atoms with Crippen LogP contribution in [0.1, 0.15) is 19.4 Å². The molecule has 0 amide bonds. The number of hydrogen-bond donors (Lipinski definition) is 1. The lowest BCUT2D eigenvalue weighted by Crippen LogP contribution is -2.17. The molecule has 0 bridgehead atoms. The van der Waals surface area contributed by atoms with E-state index in [2.05, 4.69) is 9.93 Å². The van der Waals surface area contributed by atoms with E-state index < -0.39 is 10.0 Å². The van der Waals surface area contributed by atoms with Crippen molar-refractivity contribution >= 4 is 27.6 Å². The summed E-state index contributed by atoms with van der Waals surface area (Å²) >= 11 is 1.14. The van der Waals surface area contributed by atoms with Gasteiger partial charge in [-0.25, -0.2) is 0 Å². The summed E-state index contributed by atoms with van der Waals surface area (Å²) in [6.45, 7) is 3.88. The van der Waals surface area contributed by atoms with Gasteiger partial charge in [0.2, 0.25) is 0 Å². The molecule has 0 fully saturated rings. The third kappa shape index (κ3) is 4.57. The number of sulfonamides is 1. The summed E-state index contributed by atoms with van der Waals surface area (Å²) in [5.41, 5.74) is 0.752. The molecule has 1 aromatic carbocycles. The van der Waals surface area contributed by atoms with Crippen molar-refractivity contribution in [2.45, 2.75) is 24.2 Å². The lowest BCUT2D eigenvalue weighted by molar-refractivity contribution is 0.242. The van der Waals surface area contributed by atoms with Crippen molar-refractivity contribution in [2.75, 3.05) is 0 Å². The van der Waals surface area contributed by atoms with Gasteiger partial charge in [0.25, 0.3) is 10.0 Å². The van der Waals surface area contributed by atoms with E-state index in [9.17, 15) is 8.42 Å². The third-order valence-electron chi connectivity index (χ3n) is 2.38. The average molecular weight is 324 g/mol. The number of thiophene rings is 1. The van der Waals surface area contributed by atoms with E-state index in [0.29, 0.717) is 0 Å². The predicted octanol–water partition coefficient (Wildman–Crippen LogP) is 2.85. The Morgan fingerprint density at radius 3 is 2.76 bits per heavy atom. The molecule has 0 unspecified atom stereocenters. The normalized spacial score (nSPS) is 12.0. The quantitative estimate of drug-likeness (QED) is 0.656. The molecular formula is C14H16N2O3S2. The topological polar surface area (TPSA) is 67.8 Å². The minimum Gasteiger partial charge on any atom is -0.491 e. The first-order valence-corrected chi connectivity index (χ1v) is 8.69. The molecule has 1 heterocycles. The van der Waals surface area contributed by atoms with Gasteiger partial charge in [0.1, 0.15) is 9.96 Å². The summed E-state index contributed by atoms with van der Waals surface area (Å²) in [5, 5.41) is 5.48. The first-order chi connectivity index (χ1) is 9.97. The lowest BCUT2D eigenvalue weighted by atomic mass is 10.2. The van der Waals surface area contributed by atoms with Gasteiger partial charge in [-0.15, -0.1) is 11.3 Å². The van der Waals surface area contributed by atoms with Crippen molar-refractivity contribution in [3.8, 4) is 5.75 Å². The van der Waals surface area contributed by atoms with Crippen molar-refractivity contribution < 1.29 is 13.2 Å². The van der Waals surface area contributed by atoms with Crippen molar-refractivity contribution in [3.05, 3.63) is 47.3 Å². The monoisotopic (exact) mass is 324 g/mol. The fourth-order valence-electron chi connectivity index (χ4n) is 1.57. The summed E-state index contributed by atoms with van der Waals surface area (Å²) in [6.07, 6.45) is 1.52. The average Bonchev–Trinajstić information content (AvgIpc) is 2.92. The predicted molar refractivity (Wildman–Crippen MR) is 84.4 cm³/mol. The minimum atomic E-state index is -3.58. The Kier molecular flexibility index (Phi) is 4.98. The van der Waals surface area contributed by atoms with Crippen molar-refractivity contribution in [2.24, 2.45) is 5.10 Å². The van der Waals surface area contributed by atoms with Crippen LogP contribution in [0.15, 0.2) is 51.1 Å². The van der Waals surface area contributed by atoms with E-state index >= 15 is 0 Å².